The lowest BCUT2D eigenvalue weighted by Crippen LogP contribution is -2.46. The Morgan fingerprint density at radius 2 is 1.61 bits per heavy atom. The summed E-state index contributed by atoms with van der Waals surface area (Å²) in [7, 11) is 0. The van der Waals surface area contributed by atoms with E-state index in [0.29, 0.717) is 15.6 Å². The second-order valence-electron chi connectivity index (χ2n) is 8.41. The van der Waals surface area contributed by atoms with Crippen LogP contribution in [0.25, 0.3) is 0 Å². The smallest absolute Gasteiger partial charge is 0.475 e. The van der Waals surface area contributed by atoms with Crippen molar-refractivity contribution in [3.8, 4) is 0 Å². The number of halogens is 5. The molecular formula is C25H30Cl2F3N3O3. The number of piperazine rings is 1. The molecule has 1 amide bonds. The predicted octanol–water partition coefficient (Wildman–Crippen LogP) is 6.19. The molecule has 2 aromatic rings. The van der Waals surface area contributed by atoms with Gasteiger partial charge >= 0.3 is 12.1 Å². The highest BCUT2D eigenvalue weighted by molar-refractivity contribution is 6.42. The zero-order valence-electron chi connectivity index (χ0n) is 20.0. The number of rotatable bonds is 8. The summed E-state index contributed by atoms with van der Waals surface area (Å²) in [5, 5.41) is 10.9. The Labute approximate surface area is 219 Å². The molecule has 6 nitrogen and oxygen atoms in total. The number of carboxylic acid groups (broad SMARTS) is 1. The van der Waals surface area contributed by atoms with Gasteiger partial charge in [-0.1, -0.05) is 55.1 Å². The van der Waals surface area contributed by atoms with E-state index in [-0.39, 0.29) is 5.91 Å². The van der Waals surface area contributed by atoms with Crippen LogP contribution in [0, 0.1) is 0 Å². The van der Waals surface area contributed by atoms with Gasteiger partial charge in [-0.15, -0.1) is 0 Å². The van der Waals surface area contributed by atoms with E-state index in [2.05, 4.69) is 28.1 Å². The molecule has 0 atom stereocenters. The van der Waals surface area contributed by atoms with E-state index in [1.807, 2.05) is 18.2 Å². The summed E-state index contributed by atoms with van der Waals surface area (Å²) in [6.07, 6.45) is -1.18. The lowest BCUT2D eigenvalue weighted by molar-refractivity contribution is -0.192. The largest absolute Gasteiger partial charge is 0.490 e. The molecule has 1 heterocycles. The van der Waals surface area contributed by atoms with Gasteiger partial charge in [-0.05, 0) is 48.9 Å². The van der Waals surface area contributed by atoms with Crippen molar-refractivity contribution in [3.05, 3.63) is 63.6 Å². The number of hydrogen-bond donors (Lipinski definition) is 2. The Bertz CT molecular complexity index is 1010. The van der Waals surface area contributed by atoms with Crippen molar-refractivity contribution in [2.24, 2.45) is 0 Å². The van der Waals surface area contributed by atoms with Crippen LogP contribution in [-0.4, -0.2) is 65.7 Å². The number of benzene rings is 2. The van der Waals surface area contributed by atoms with E-state index in [1.54, 1.807) is 18.2 Å². The minimum atomic E-state index is -5.08. The van der Waals surface area contributed by atoms with Crippen LogP contribution in [0.3, 0.4) is 0 Å². The molecule has 1 aliphatic rings. The van der Waals surface area contributed by atoms with Crippen molar-refractivity contribution in [1.82, 2.24) is 9.80 Å². The van der Waals surface area contributed by atoms with Gasteiger partial charge in [0.1, 0.15) is 0 Å². The fourth-order valence-electron chi connectivity index (χ4n) is 3.60. The minimum Gasteiger partial charge on any atom is -0.475 e. The first-order chi connectivity index (χ1) is 17.0. The summed E-state index contributed by atoms with van der Waals surface area (Å²) in [5.74, 6) is -2.95. The Morgan fingerprint density at radius 1 is 0.972 bits per heavy atom. The first kappa shape index (κ1) is 29.9. The maximum atomic E-state index is 12.5. The predicted molar refractivity (Wildman–Crippen MR) is 136 cm³/mol. The average Bonchev–Trinajstić information content (AvgIpc) is 2.82. The summed E-state index contributed by atoms with van der Waals surface area (Å²) in [6.45, 7) is 8.82. The molecule has 2 aromatic carbocycles. The van der Waals surface area contributed by atoms with Crippen LogP contribution in [0.2, 0.25) is 10.0 Å². The molecule has 0 aromatic heterocycles. The summed E-state index contributed by atoms with van der Waals surface area (Å²) in [5.41, 5.74) is 2.48. The Morgan fingerprint density at radius 3 is 2.19 bits per heavy atom. The molecule has 0 radical (unpaired) electrons. The third-order valence-corrected chi connectivity index (χ3v) is 6.30. The van der Waals surface area contributed by atoms with Gasteiger partial charge in [0, 0.05) is 44.0 Å². The van der Waals surface area contributed by atoms with Crippen LogP contribution in [0.15, 0.2) is 42.5 Å². The maximum absolute atomic E-state index is 12.5. The third kappa shape index (κ3) is 10.3. The molecule has 2 N–H and O–H groups in total. The Kier molecular flexibility index (Phi) is 12.0. The molecule has 0 saturated carbocycles. The summed E-state index contributed by atoms with van der Waals surface area (Å²) < 4.78 is 31.7. The second-order valence-corrected chi connectivity index (χ2v) is 9.23. The van der Waals surface area contributed by atoms with E-state index in [0.717, 1.165) is 38.4 Å². The normalized spacial score (nSPS) is 14.6. The summed E-state index contributed by atoms with van der Waals surface area (Å²) >= 11 is 11.9. The van der Waals surface area contributed by atoms with Gasteiger partial charge in [0.05, 0.1) is 10.0 Å². The zero-order valence-corrected chi connectivity index (χ0v) is 21.5. The number of carboxylic acids is 1. The second kappa shape index (κ2) is 14.4. The number of carbonyl (C=O) groups is 2. The fraction of sp³-hybridized carbons (Fsp3) is 0.440. The van der Waals surface area contributed by atoms with Gasteiger partial charge < -0.3 is 15.3 Å². The third-order valence-electron chi connectivity index (χ3n) is 5.56. The highest BCUT2D eigenvalue weighted by Gasteiger charge is 2.38. The highest BCUT2D eigenvalue weighted by Crippen LogP contribution is 2.23. The van der Waals surface area contributed by atoms with Gasteiger partial charge in [-0.3, -0.25) is 9.69 Å². The topological polar surface area (TPSA) is 72.9 Å². The van der Waals surface area contributed by atoms with Crippen LogP contribution >= 0.6 is 23.2 Å². The molecule has 0 bridgehead atoms. The SMILES string of the molecule is CCCCCN1CCN(Cc2cccc(NC(=O)c3ccc(Cl)c(Cl)c3)c2)CC1.O=C(O)C(F)(F)F. The Balaban J connectivity index is 0.000000572. The molecule has 11 heteroatoms. The van der Waals surface area contributed by atoms with Crippen LogP contribution in [-0.2, 0) is 11.3 Å². The van der Waals surface area contributed by atoms with Gasteiger partial charge in [0.2, 0.25) is 0 Å². The molecule has 198 valence electrons. The van der Waals surface area contributed by atoms with Crippen LogP contribution in [0.5, 0.6) is 0 Å². The number of anilines is 1. The lowest BCUT2D eigenvalue weighted by Gasteiger charge is -2.34. The van der Waals surface area contributed by atoms with Crippen LogP contribution in [0.1, 0.15) is 42.1 Å². The lowest BCUT2D eigenvalue weighted by atomic mass is 10.1. The van der Waals surface area contributed by atoms with Gasteiger partial charge in [0.15, 0.2) is 0 Å². The maximum Gasteiger partial charge on any atom is 0.490 e. The van der Waals surface area contributed by atoms with Crippen molar-refractivity contribution < 1.29 is 27.9 Å². The number of unbranched alkanes of at least 4 members (excludes halogenated alkanes) is 2. The fourth-order valence-corrected chi connectivity index (χ4v) is 3.90. The number of nitrogens with one attached hydrogen (secondary N) is 1. The van der Waals surface area contributed by atoms with Crippen molar-refractivity contribution in [1.29, 1.82) is 0 Å². The number of carbonyl (C=O) groups excluding carboxylic acids is 1. The Hall–Kier alpha value is -2.33. The number of aliphatic carboxylic acids is 1. The molecule has 0 spiro atoms. The number of hydrogen-bond acceptors (Lipinski definition) is 4. The van der Waals surface area contributed by atoms with Gasteiger partial charge in [-0.25, -0.2) is 4.79 Å². The van der Waals surface area contributed by atoms with Crippen molar-refractivity contribution in [3.63, 3.8) is 0 Å². The van der Waals surface area contributed by atoms with Gasteiger partial charge in [-0.2, -0.15) is 13.2 Å². The van der Waals surface area contributed by atoms with E-state index in [9.17, 15) is 18.0 Å². The molecule has 36 heavy (non-hydrogen) atoms. The van der Waals surface area contributed by atoms with E-state index in [4.69, 9.17) is 33.1 Å². The average molecular weight is 548 g/mol. The van der Waals surface area contributed by atoms with Crippen molar-refractivity contribution in [2.75, 3.05) is 38.0 Å². The van der Waals surface area contributed by atoms with Crippen molar-refractivity contribution >= 4 is 40.8 Å². The van der Waals surface area contributed by atoms with Crippen LogP contribution in [0.4, 0.5) is 18.9 Å². The first-order valence-corrected chi connectivity index (χ1v) is 12.4. The monoisotopic (exact) mass is 547 g/mol. The van der Waals surface area contributed by atoms with E-state index < -0.39 is 12.1 Å². The molecular weight excluding hydrogens is 518 g/mol. The van der Waals surface area contributed by atoms with Crippen molar-refractivity contribution in [2.45, 2.75) is 38.9 Å². The summed E-state index contributed by atoms with van der Waals surface area (Å²) in [6, 6.07) is 12.9. The summed E-state index contributed by atoms with van der Waals surface area (Å²) in [4.78, 5) is 26.4. The van der Waals surface area contributed by atoms with E-state index >= 15 is 0 Å². The number of alkyl halides is 3. The molecule has 0 unspecified atom stereocenters. The number of amides is 1. The molecule has 0 aliphatic carbocycles. The van der Waals surface area contributed by atoms with Crippen LogP contribution < -0.4 is 5.32 Å². The highest BCUT2D eigenvalue weighted by atomic mass is 35.5. The van der Waals surface area contributed by atoms with Gasteiger partial charge in [0.25, 0.3) is 5.91 Å². The molecule has 1 aliphatic heterocycles. The minimum absolute atomic E-state index is 0.193. The molecule has 1 fully saturated rings. The first-order valence-electron chi connectivity index (χ1n) is 11.6. The molecule has 3 rings (SSSR count). The number of nitrogens with zero attached hydrogens (tertiary/aromatic N) is 2. The zero-order chi connectivity index (χ0) is 26.7. The van der Waals surface area contributed by atoms with E-state index in [1.165, 1.54) is 31.4 Å². The quantitative estimate of drug-likeness (QED) is 0.385. The molecule has 1 saturated heterocycles. The standard InChI is InChI=1S/C23H29Cl2N3O.C2HF3O2/c1-2-3-4-10-27-11-13-28(14-12-27)17-18-6-5-7-20(15-18)26-23(29)19-8-9-21(24)22(25)16-19;3-2(4,5)1(6)7/h5-9,15-16H,2-4,10-14,17H2,1H3,(H,26,29);(H,6,7).